The number of carbonyl (C=O) groups excluding carboxylic acids is 1. The van der Waals surface area contributed by atoms with Crippen molar-refractivity contribution >= 4 is 17.3 Å². The van der Waals surface area contributed by atoms with Crippen LogP contribution in [0.4, 0.5) is 11.4 Å². The minimum Gasteiger partial charge on any atom is -0.397 e. The van der Waals surface area contributed by atoms with Crippen LogP contribution in [-0.2, 0) is 4.79 Å². The maximum Gasteiger partial charge on any atom is 0.222 e. The molecule has 1 aliphatic rings. The third-order valence-electron chi connectivity index (χ3n) is 4.13. The number of nitrogens with two attached hydrogens (primary N) is 1. The molecule has 1 aromatic carbocycles. The van der Waals surface area contributed by atoms with Gasteiger partial charge in [0.1, 0.15) is 0 Å². The molecule has 0 saturated carbocycles. The standard InChI is InChI=1S/C16H25N3O/c1-3-13(2)12-16(20)19-10-8-18(9-11-19)15-7-5-4-6-14(15)17/h4-7,13H,3,8-12,17H2,1-2H3. The highest BCUT2D eigenvalue weighted by atomic mass is 16.2. The van der Waals surface area contributed by atoms with E-state index in [1.807, 2.05) is 29.2 Å². The molecule has 0 aliphatic carbocycles. The number of benzene rings is 1. The Morgan fingerprint density at radius 3 is 2.50 bits per heavy atom. The van der Waals surface area contributed by atoms with Crippen molar-refractivity contribution in [2.24, 2.45) is 5.92 Å². The van der Waals surface area contributed by atoms with Gasteiger partial charge in [0.25, 0.3) is 0 Å². The van der Waals surface area contributed by atoms with Crippen molar-refractivity contribution in [3.8, 4) is 0 Å². The van der Waals surface area contributed by atoms with Gasteiger partial charge >= 0.3 is 0 Å². The molecular formula is C16H25N3O. The van der Waals surface area contributed by atoms with E-state index in [4.69, 9.17) is 5.73 Å². The summed E-state index contributed by atoms with van der Waals surface area (Å²) in [6.07, 6.45) is 1.73. The van der Waals surface area contributed by atoms with Crippen LogP contribution in [-0.4, -0.2) is 37.0 Å². The smallest absolute Gasteiger partial charge is 0.222 e. The van der Waals surface area contributed by atoms with E-state index < -0.39 is 0 Å². The van der Waals surface area contributed by atoms with Gasteiger partial charge in [-0.25, -0.2) is 0 Å². The fourth-order valence-corrected chi connectivity index (χ4v) is 2.54. The maximum atomic E-state index is 12.2. The molecule has 110 valence electrons. The van der Waals surface area contributed by atoms with Gasteiger partial charge in [-0.3, -0.25) is 4.79 Å². The number of anilines is 2. The summed E-state index contributed by atoms with van der Waals surface area (Å²) in [6.45, 7) is 7.58. The van der Waals surface area contributed by atoms with Gasteiger partial charge in [0.15, 0.2) is 0 Å². The van der Waals surface area contributed by atoms with Gasteiger partial charge in [0, 0.05) is 32.6 Å². The number of hydrogen-bond acceptors (Lipinski definition) is 3. The van der Waals surface area contributed by atoms with Gasteiger partial charge < -0.3 is 15.5 Å². The Balaban J connectivity index is 1.89. The molecule has 4 heteroatoms. The molecule has 1 fully saturated rings. The van der Waals surface area contributed by atoms with Gasteiger partial charge in [-0.05, 0) is 18.1 Å². The van der Waals surface area contributed by atoms with E-state index in [9.17, 15) is 4.79 Å². The Hall–Kier alpha value is -1.71. The van der Waals surface area contributed by atoms with Crippen molar-refractivity contribution in [3.05, 3.63) is 24.3 Å². The number of rotatable bonds is 4. The molecule has 0 bridgehead atoms. The van der Waals surface area contributed by atoms with Crippen LogP contribution in [0, 0.1) is 5.92 Å². The summed E-state index contributed by atoms with van der Waals surface area (Å²) >= 11 is 0. The number of carbonyl (C=O) groups is 1. The summed E-state index contributed by atoms with van der Waals surface area (Å²) in [5.41, 5.74) is 7.90. The zero-order chi connectivity index (χ0) is 14.5. The molecule has 1 aromatic rings. The summed E-state index contributed by atoms with van der Waals surface area (Å²) in [6, 6.07) is 7.93. The van der Waals surface area contributed by atoms with E-state index in [2.05, 4.69) is 18.7 Å². The molecule has 4 nitrogen and oxygen atoms in total. The van der Waals surface area contributed by atoms with Crippen LogP contribution in [0.15, 0.2) is 24.3 Å². The molecule has 0 spiro atoms. The summed E-state index contributed by atoms with van der Waals surface area (Å²) in [7, 11) is 0. The number of nitrogen functional groups attached to an aromatic ring is 1. The van der Waals surface area contributed by atoms with Crippen molar-refractivity contribution < 1.29 is 4.79 Å². The number of piperazine rings is 1. The fraction of sp³-hybridized carbons (Fsp3) is 0.562. The quantitative estimate of drug-likeness (QED) is 0.858. The Kier molecular flexibility index (Phi) is 4.88. The molecule has 1 amide bonds. The van der Waals surface area contributed by atoms with Crippen molar-refractivity contribution in [3.63, 3.8) is 0 Å². The van der Waals surface area contributed by atoms with Crippen LogP contribution in [0.2, 0.25) is 0 Å². The molecule has 20 heavy (non-hydrogen) atoms. The van der Waals surface area contributed by atoms with Gasteiger partial charge in [0.2, 0.25) is 5.91 Å². The Bertz CT molecular complexity index is 453. The van der Waals surface area contributed by atoms with Crippen LogP contribution in [0.1, 0.15) is 26.7 Å². The van der Waals surface area contributed by atoms with Crippen LogP contribution in [0.5, 0.6) is 0 Å². The summed E-state index contributed by atoms with van der Waals surface area (Å²) in [5, 5.41) is 0. The summed E-state index contributed by atoms with van der Waals surface area (Å²) in [4.78, 5) is 16.4. The molecule has 2 N–H and O–H groups in total. The minimum absolute atomic E-state index is 0.292. The molecule has 2 rings (SSSR count). The van der Waals surface area contributed by atoms with E-state index in [0.29, 0.717) is 18.2 Å². The lowest BCUT2D eigenvalue weighted by Gasteiger charge is -2.37. The summed E-state index contributed by atoms with van der Waals surface area (Å²) < 4.78 is 0. The van der Waals surface area contributed by atoms with Crippen molar-refractivity contribution in [2.45, 2.75) is 26.7 Å². The van der Waals surface area contributed by atoms with Crippen LogP contribution in [0.25, 0.3) is 0 Å². The number of hydrogen-bond donors (Lipinski definition) is 1. The fourth-order valence-electron chi connectivity index (χ4n) is 2.54. The van der Waals surface area contributed by atoms with Gasteiger partial charge in [-0.2, -0.15) is 0 Å². The first-order valence-corrected chi connectivity index (χ1v) is 7.49. The number of para-hydroxylation sites is 2. The molecule has 0 aromatic heterocycles. The van der Waals surface area contributed by atoms with Crippen molar-refractivity contribution in [1.29, 1.82) is 0 Å². The molecule has 1 heterocycles. The largest absolute Gasteiger partial charge is 0.397 e. The van der Waals surface area contributed by atoms with Crippen molar-refractivity contribution in [2.75, 3.05) is 36.8 Å². The van der Waals surface area contributed by atoms with Crippen LogP contribution >= 0.6 is 0 Å². The van der Waals surface area contributed by atoms with Gasteiger partial charge in [-0.1, -0.05) is 32.4 Å². The number of amides is 1. The second-order valence-corrected chi connectivity index (χ2v) is 5.64. The molecular weight excluding hydrogens is 250 g/mol. The highest BCUT2D eigenvalue weighted by molar-refractivity contribution is 5.77. The minimum atomic E-state index is 0.292. The lowest BCUT2D eigenvalue weighted by molar-refractivity contribution is -0.132. The highest BCUT2D eigenvalue weighted by Gasteiger charge is 2.22. The van der Waals surface area contributed by atoms with Gasteiger partial charge in [-0.15, -0.1) is 0 Å². The average molecular weight is 275 g/mol. The third kappa shape index (κ3) is 3.44. The van der Waals surface area contributed by atoms with Crippen LogP contribution in [0.3, 0.4) is 0 Å². The molecule has 1 atom stereocenters. The second kappa shape index (κ2) is 6.64. The predicted molar refractivity (Wildman–Crippen MR) is 83.7 cm³/mol. The zero-order valence-corrected chi connectivity index (χ0v) is 12.5. The number of nitrogens with zero attached hydrogens (tertiary/aromatic N) is 2. The Morgan fingerprint density at radius 2 is 1.90 bits per heavy atom. The molecule has 1 unspecified atom stereocenters. The monoisotopic (exact) mass is 275 g/mol. The normalized spacial score (nSPS) is 17.1. The zero-order valence-electron chi connectivity index (χ0n) is 12.5. The molecule has 1 saturated heterocycles. The average Bonchev–Trinajstić information content (AvgIpc) is 2.47. The Labute approximate surface area is 121 Å². The van der Waals surface area contributed by atoms with Crippen LogP contribution < -0.4 is 10.6 Å². The molecule has 0 radical (unpaired) electrons. The summed E-state index contributed by atoms with van der Waals surface area (Å²) in [5.74, 6) is 0.769. The third-order valence-corrected chi connectivity index (χ3v) is 4.13. The lowest BCUT2D eigenvalue weighted by atomic mass is 10.0. The SMILES string of the molecule is CCC(C)CC(=O)N1CCN(c2ccccc2N)CC1. The van der Waals surface area contributed by atoms with E-state index >= 15 is 0 Å². The lowest BCUT2D eigenvalue weighted by Crippen LogP contribution is -2.49. The van der Waals surface area contributed by atoms with E-state index in [-0.39, 0.29) is 0 Å². The molecule has 1 aliphatic heterocycles. The van der Waals surface area contributed by atoms with Gasteiger partial charge in [0.05, 0.1) is 11.4 Å². The van der Waals surface area contributed by atoms with E-state index in [0.717, 1.165) is 44.0 Å². The Morgan fingerprint density at radius 1 is 1.25 bits per heavy atom. The first kappa shape index (κ1) is 14.7. The first-order valence-electron chi connectivity index (χ1n) is 7.49. The topological polar surface area (TPSA) is 49.6 Å². The maximum absolute atomic E-state index is 12.2. The highest BCUT2D eigenvalue weighted by Crippen LogP contribution is 2.23. The van der Waals surface area contributed by atoms with Crippen molar-refractivity contribution in [1.82, 2.24) is 4.90 Å². The predicted octanol–water partition coefficient (Wildman–Crippen LogP) is 2.35. The second-order valence-electron chi connectivity index (χ2n) is 5.64. The van der Waals surface area contributed by atoms with E-state index in [1.165, 1.54) is 0 Å². The first-order chi connectivity index (χ1) is 9.61. The van der Waals surface area contributed by atoms with E-state index in [1.54, 1.807) is 0 Å².